The number of amides is 1. The van der Waals surface area contributed by atoms with Crippen molar-refractivity contribution >= 4 is 11.9 Å². The van der Waals surface area contributed by atoms with Gasteiger partial charge in [0, 0.05) is 6.42 Å². The number of allylic oxidation sites excluding steroid dienone is 6. The van der Waals surface area contributed by atoms with Crippen molar-refractivity contribution in [3.63, 3.8) is 0 Å². The van der Waals surface area contributed by atoms with Crippen LogP contribution in [0.5, 0.6) is 0 Å². The van der Waals surface area contributed by atoms with Gasteiger partial charge in [-0.1, -0.05) is 237 Å². The lowest BCUT2D eigenvalue weighted by Gasteiger charge is -2.24. The Labute approximate surface area is 360 Å². The molecule has 0 aliphatic rings. The van der Waals surface area contributed by atoms with E-state index in [0.717, 1.165) is 70.6 Å². The Morgan fingerprint density at radius 3 is 1.40 bits per heavy atom. The molecule has 3 atom stereocenters. The quantitative estimate of drug-likeness (QED) is 0.0323. The van der Waals surface area contributed by atoms with Crippen molar-refractivity contribution in [3.8, 4) is 0 Å². The molecule has 0 aliphatic carbocycles. The van der Waals surface area contributed by atoms with Crippen molar-refractivity contribution in [2.45, 2.75) is 277 Å². The minimum absolute atomic E-state index is 0.0721. The van der Waals surface area contributed by atoms with Crippen LogP contribution in [0.3, 0.4) is 0 Å². The molecule has 0 rings (SSSR count). The first-order valence-electron chi connectivity index (χ1n) is 25.2. The predicted molar refractivity (Wildman–Crippen MR) is 250 cm³/mol. The van der Waals surface area contributed by atoms with E-state index in [2.05, 4.69) is 62.5 Å². The van der Waals surface area contributed by atoms with Gasteiger partial charge in [0.25, 0.3) is 0 Å². The van der Waals surface area contributed by atoms with Gasteiger partial charge < -0.3 is 20.3 Å². The summed E-state index contributed by atoms with van der Waals surface area (Å²) in [5.41, 5.74) is 0. The van der Waals surface area contributed by atoms with Crippen LogP contribution in [0.4, 0.5) is 0 Å². The van der Waals surface area contributed by atoms with Crippen LogP contribution < -0.4 is 5.32 Å². The fourth-order valence-corrected chi connectivity index (χ4v) is 7.73. The maximum Gasteiger partial charge on any atom is 0.306 e. The van der Waals surface area contributed by atoms with Gasteiger partial charge in [-0.2, -0.15) is 0 Å². The largest absolute Gasteiger partial charge is 0.462 e. The minimum Gasteiger partial charge on any atom is -0.462 e. The molecule has 0 aliphatic heterocycles. The Hall–Kier alpha value is -1.92. The average Bonchev–Trinajstić information content (AvgIpc) is 3.22. The van der Waals surface area contributed by atoms with Gasteiger partial charge in [-0.05, 0) is 44.9 Å². The number of aliphatic hydroxyl groups is 2. The zero-order chi connectivity index (χ0) is 42.4. The number of esters is 1. The van der Waals surface area contributed by atoms with Crippen LogP contribution in [0.25, 0.3) is 0 Å². The van der Waals surface area contributed by atoms with Crippen molar-refractivity contribution in [2.75, 3.05) is 6.61 Å². The molecule has 0 aromatic rings. The second kappa shape index (κ2) is 46.2. The van der Waals surface area contributed by atoms with Crippen molar-refractivity contribution in [3.05, 3.63) is 36.5 Å². The summed E-state index contributed by atoms with van der Waals surface area (Å²) < 4.78 is 5.90. The van der Waals surface area contributed by atoms with E-state index < -0.39 is 18.2 Å². The highest BCUT2D eigenvalue weighted by atomic mass is 16.5. The number of unbranched alkanes of at least 4 members (excludes halogenated alkanes) is 29. The molecule has 0 fully saturated rings. The molecule has 0 radical (unpaired) electrons. The lowest BCUT2D eigenvalue weighted by Crippen LogP contribution is -2.46. The van der Waals surface area contributed by atoms with E-state index in [0.29, 0.717) is 19.3 Å². The zero-order valence-electron chi connectivity index (χ0n) is 38.7. The van der Waals surface area contributed by atoms with Gasteiger partial charge in [0.15, 0.2) is 0 Å². The molecule has 3 unspecified atom stereocenters. The summed E-state index contributed by atoms with van der Waals surface area (Å²) in [4.78, 5) is 26.0. The molecule has 0 aromatic carbocycles. The summed E-state index contributed by atoms with van der Waals surface area (Å²) in [7, 11) is 0. The number of hydrogen-bond acceptors (Lipinski definition) is 5. The Bertz CT molecular complexity index is 961. The number of carbonyl (C=O) groups excluding carboxylic acids is 2. The van der Waals surface area contributed by atoms with E-state index in [1.165, 1.54) is 141 Å². The number of nitrogens with one attached hydrogen (secondary N) is 1. The number of carbonyl (C=O) groups is 2. The van der Waals surface area contributed by atoms with E-state index in [1.54, 1.807) is 0 Å². The summed E-state index contributed by atoms with van der Waals surface area (Å²) in [6.45, 7) is 6.34. The van der Waals surface area contributed by atoms with Crippen molar-refractivity contribution in [2.24, 2.45) is 0 Å². The number of rotatable bonds is 45. The molecule has 0 heterocycles. The summed E-state index contributed by atoms with van der Waals surface area (Å²) in [6.07, 6.45) is 53.5. The van der Waals surface area contributed by atoms with E-state index >= 15 is 0 Å². The number of hydrogen-bond donors (Lipinski definition) is 3. The monoisotopic (exact) mass is 816 g/mol. The summed E-state index contributed by atoms with van der Waals surface area (Å²) in [5.74, 6) is -0.491. The molecule has 340 valence electrons. The van der Waals surface area contributed by atoms with E-state index in [-0.39, 0.29) is 24.9 Å². The summed E-state index contributed by atoms with van der Waals surface area (Å²) in [5, 5.41) is 23.7. The highest BCUT2D eigenvalue weighted by molar-refractivity contribution is 5.77. The maximum absolute atomic E-state index is 13.2. The first kappa shape index (κ1) is 56.1. The first-order valence-corrected chi connectivity index (χ1v) is 25.2. The van der Waals surface area contributed by atoms with Gasteiger partial charge in [0.2, 0.25) is 5.91 Å². The molecule has 0 saturated carbocycles. The van der Waals surface area contributed by atoms with Gasteiger partial charge in [-0.25, -0.2) is 0 Å². The average molecular weight is 816 g/mol. The summed E-state index contributed by atoms with van der Waals surface area (Å²) in [6, 6.07) is -0.701. The number of ether oxygens (including phenoxy) is 1. The molecule has 6 nitrogen and oxygen atoms in total. The number of aliphatic hydroxyl groups excluding tert-OH is 2. The standard InChI is InChI=1S/C52H97NO5/c1-4-7-10-13-16-19-21-23-24-25-26-28-29-32-35-38-41-44-50(55)49(47-54)53-51(56)46-48(43-40-37-34-31-18-15-12-9-6-3)58-52(57)45-42-39-36-33-30-27-22-20-17-14-11-8-5-2/h8,11,14,17,20,22,48-50,54-55H,4-7,9-10,12-13,15-16,18-19,21,23-47H2,1-3H3,(H,53,56)/b11-8+,17-14+,22-20-. The molecule has 1 amide bonds. The van der Waals surface area contributed by atoms with Gasteiger partial charge in [-0.3, -0.25) is 9.59 Å². The third-order valence-electron chi connectivity index (χ3n) is 11.5. The van der Waals surface area contributed by atoms with E-state index in [1.807, 2.05) is 0 Å². The van der Waals surface area contributed by atoms with Crippen LogP contribution in [-0.2, 0) is 14.3 Å². The van der Waals surface area contributed by atoms with Gasteiger partial charge >= 0.3 is 5.97 Å². The Kier molecular flexibility index (Phi) is 44.6. The molecule has 0 aromatic heterocycles. The lowest BCUT2D eigenvalue weighted by molar-refractivity contribution is -0.151. The summed E-state index contributed by atoms with van der Waals surface area (Å²) >= 11 is 0. The normalized spacial score (nSPS) is 13.5. The van der Waals surface area contributed by atoms with Crippen LogP contribution in [0, 0.1) is 0 Å². The SMILES string of the molecule is CC/C=C/C=C/C=C\CCCCCCCC(=O)OC(CCCCCCCCCCC)CC(=O)NC(CO)C(O)CCCCCCCCCCCCCCCCCCC. The highest BCUT2D eigenvalue weighted by Gasteiger charge is 2.24. The van der Waals surface area contributed by atoms with Crippen molar-refractivity contribution in [1.82, 2.24) is 5.32 Å². The predicted octanol–water partition coefficient (Wildman–Crippen LogP) is 14.9. The highest BCUT2D eigenvalue weighted by Crippen LogP contribution is 2.18. The topological polar surface area (TPSA) is 95.9 Å². The molecule has 58 heavy (non-hydrogen) atoms. The fraction of sp³-hybridized carbons (Fsp3) is 0.846. The van der Waals surface area contributed by atoms with Gasteiger partial charge in [-0.15, -0.1) is 0 Å². The minimum atomic E-state index is -0.788. The van der Waals surface area contributed by atoms with Gasteiger partial charge in [0.1, 0.15) is 6.10 Å². The smallest absolute Gasteiger partial charge is 0.306 e. The van der Waals surface area contributed by atoms with Crippen LogP contribution in [-0.4, -0.2) is 46.9 Å². The lowest BCUT2D eigenvalue weighted by atomic mass is 10.0. The van der Waals surface area contributed by atoms with Crippen LogP contribution in [0.15, 0.2) is 36.5 Å². The van der Waals surface area contributed by atoms with E-state index in [4.69, 9.17) is 4.74 Å². The molecule has 6 heteroatoms. The second-order valence-corrected chi connectivity index (χ2v) is 17.3. The van der Waals surface area contributed by atoms with E-state index in [9.17, 15) is 19.8 Å². The Balaban J connectivity index is 4.43. The zero-order valence-corrected chi connectivity index (χ0v) is 38.7. The van der Waals surface area contributed by atoms with Crippen LogP contribution >= 0.6 is 0 Å². The van der Waals surface area contributed by atoms with Crippen molar-refractivity contribution in [1.29, 1.82) is 0 Å². The van der Waals surface area contributed by atoms with Gasteiger partial charge in [0.05, 0.1) is 25.2 Å². The van der Waals surface area contributed by atoms with Crippen LogP contribution in [0.1, 0.15) is 258 Å². The van der Waals surface area contributed by atoms with Crippen molar-refractivity contribution < 1.29 is 24.5 Å². The third-order valence-corrected chi connectivity index (χ3v) is 11.5. The first-order chi connectivity index (χ1) is 28.5. The maximum atomic E-state index is 13.2. The molecular formula is C52H97NO5. The molecule has 0 saturated heterocycles. The molecular weight excluding hydrogens is 719 g/mol. The molecule has 0 spiro atoms. The third kappa shape index (κ3) is 40.8. The Morgan fingerprint density at radius 2 is 0.931 bits per heavy atom. The fourth-order valence-electron chi connectivity index (χ4n) is 7.73. The molecule has 0 bridgehead atoms. The van der Waals surface area contributed by atoms with Crippen LogP contribution in [0.2, 0.25) is 0 Å². The Morgan fingerprint density at radius 1 is 0.517 bits per heavy atom. The molecule has 3 N–H and O–H groups in total. The second-order valence-electron chi connectivity index (χ2n) is 17.3.